The molecule has 0 fully saturated rings. The number of hydrogen-bond acceptors (Lipinski definition) is 3. The van der Waals surface area contributed by atoms with Crippen LogP contribution >= 0.6 is 0 Å². The summed E-state index contributed by atoms with van der Waals surface area (Å²) in [7, 11) is 0. The summed E-state index contributed by atoms with van der Waals surface area (Å²) >= 11 is 0. The van der Waals surface area contributed by atoms with Gasteiger partial charge in [-0.1, -0.05) is 13.8 Å². The van der Waals surface area contributed by atoms with E-state index in [-0.39, 0.29) is 6.04 Å². The Morgan fingerprint density at radius 3 is 2.67 bits per heavy atom. The van der Waals surface area contributed by atoms with Crippen molar-refractivity contribution in [1.29, 1.82) is 0 Å². The molecule has 3 nitrogen and oxygen atoms in total. The topological polar surface area (TPSA) is 51.2 Å². The molecule has 0 bridgehead atoms. The van der Waals surface area contributed by atoms with E-state index < -0.39 is 0 Å². The first-order valence-corrected chi connectivity index (χ1v) is 5.61. The molecule has 1 aromatic heterocycles. The number of rotatable bonds is 6. The molecule has 1 rings (SSSR count). The molecule has 1 unspecified atom stereocenters. The maximum absolute atomic E-state index is 5.94. The van der Waals surface area contributed by atoms with Crippen molar-refractivity contribution in [3.8, 4) is 0 Å². The SMILES string of the molecule is Cc1ccc(CNCCC(N)C(C)C)o1. The molecule has 0 saturated carbocycles. The molecule has 0 amide bonds. The summed E-state index contributed by atoms with van der Waals surface area (Å²) in [5.74, 6) is 2.51. The quantitative estimate of drug-likeness (QED) is 0.707. The van der Waals surface area contributed by atoms with E-state index in [2.05, 4.69) is 19.2 Å². The Balaban J connectivity index is 2.12. The highest BCUT2D eigenvalue weighted by molar-refractivity contribution is 5.05. The van der Waals surface area contributed by atoms with E-state index in [9.17, 15) is 0 Å². The molecular weight excluding hydrogens is 188 g/mol. The van der Waals surface area contributed by atoms with E-state index in [1.165, 1.54) is 0 Å². The fourth-order valence-electron chi connectivity index (χ4n) is 1.39. The van der Waals surface area contributed by atoms with Gasteiger partial charge in [-0.3, -0.25) is 0 Å². The zero-order valence-electron chi connectivity index (χ0n) is 9.92. The van der Waals surface area contributed by atoms with Crippen LogP contribution in [-0.4, -0.2) is 12.6 Å². The first kappa shape index (κ1) is 12.3. The highest BCUT2D eigenvalue weighted by atomic mass is 16.3. The maximum Gasteiger partial charge on any atom is 0.117 e. The predicted molar refractivity (Wildman–Crippen MR) is 62.6 cm³/mol. The summed E-state index contributed by atoms with van der Waals surface area (Å²) in [6.07, 6.45) is 1.01. The Kier molecular flexibility index (Phi) is 4.85. The highest BCUT2D eigenvalue weighted by Gasteiger charge is 2.06. The van der Waals surface area contributed by atoms with E-state index in [0.29, 0.717) is 5.92 Å². The van der Waals surface area contributed by atoms with Crippen LogP contribution in [0.4, 0.5) is 0 Å². The van der Waals surface area contributed by atoms with Crippen LogP contribution in [0.3, 0.4) is 0 Å². The minimum atomic E-state index is 0.288. The average molecular weight is 210 g/mol. The standard InChI is InChI=1S/C12H22N2O/c1-9(2)12(13)6-7-14-8-11-5-4-10(3)15-11/h4-5,9,12,14H,6-8,13H2,1-3H3. The lowest BCUT2D eigenvalue weighted by Crippen LogP contribution is -2.30. The molecule has 1 atom stereocenters. The molecule has 0 spiro atoms. The zero-order chi connectivity index (χ0) is 11.3. The van der Waals surface area contributed by atoms with Crippen LogP contribution in [0.5, 0.6) is 0 Å². The van der Waals surface area contributed by atoms with E-state index in [1.807, 2.05) is 19.1 Å². The Morgan fingerprint density at radius 1 is 1.40 bits per heavy atom. The molecule has 0 saturated heterocycles. The van der Waals surface area contributed by atoms with Crippen LogP contribution in [0.2, 0.25) is 0 Å². The molecule has 0 aliphatic rings. The number of nitrogens with two attached hydrogens (primary N) is 1. The Labute approximate surface area is 92.0 Å². The molecule has 15 heavy (non-hydrogen) atoms. The summed E-state index contributed by atoms with van der Waals surface area (Å²) < 4.78 is 5.44. The van der Waals surface area contributed by atoms with Gasteiger partial charge in [-0.25, -0.2) is 0 Å². The maximum atomic E-state index is 5.94. The minimum absolute atomic E-state index is 0.288. The van der Waals surface area contributed by atoms with Gasteiger partial charge in [0.25, 0.3) is 0 Å². The van der Waals surface area contributed by atoms with Crippen LogP contribution in [0.25, 0.3) is 0 Å². The molecule has 86 valence electrons. The van der Waals surface area contributed by atoms with Gasteiger partial charge in [0.1, 0.15) is 11.5 Å². The van der Waals surface area contributed by atoms with E-state index >= 15 is 0 Å². The number of aryl methyl sites for hydroxylation is 1. The van der Waals surface area contributed by atoms with Crippen LogP contribution in [0.15, 0.2) is 16.5 Å². The molecule has 1 aromatic rings. The van der Waals surface area contributed by atoms with Crippen molar-refractivity contribution in [2.75, 3.05) is 6.54 Å². The summed E-state index contributed by atoms with van der Waals surface area (Å²) in [5, 5.41) is 3.33. The van der Waals surface area contributed by atoms with E-state index in [0.717, 1.165) is 31.0 Å². The van der Waals surface area contributed by atoms with E-state index in [1.54, 1.807) is 0 Å². The van der Waals surface area contributed by atoms with Gasteiger partial charge in [-0.15, -0.1) is 0 Å². The van der Waals surface area contributed by atoms with Crippen molar-refractivity contribution in [1.82, 2.24) is 5.32 Å². The van der Waals surface area contributed by atoms with Gasteiger partial charge in [-0.2, -0.15) is 0 Å². The normalized spacial score (nSPS) is 13.4. The summed E-state index contributed by atoms with van der Waals surface area (Å²) in [6.45, 7) is 8.00. The number of nitrogens with one attached hydrogen (secondary N) is 1. The van der Waals surface area contributed by atoms with Gasteiger partial charge in [-0.05, 0) is 37.9 Å². The summed E-state index contributed by atoms with van der Waals surface area (Å²) in [6, 6.07) is 4.28. The smallest absolute Gasteiger partial charge is 0.117 e. The van der Waals surface area contributed by atoms with Crippen LogP contribution in [0.1, 0.15) is 31.8 Å². The second-order valence-electron chi connectivity index (χ2n) is 4.39. The fourth-order valence-corrected chi connectivity index (χ4v) is 1.39. The zero-order valence-corrected chi connectivity index (χ0v) is 9.92. The van der Waals surface area contributed by atoms with Crippen molar-refractivity contribution in [3.63, 3.8) is 0 Å². The largest absolute Gasteiger partial charge is 0.465 e. The van der Waals surface area contributed by atoms with Gasteiger partial charge in [0.15, 0.2) is 0 Å². The molecule has 3 heteroatoms. The molecular formula is C12H22N2O. The van der Waals surface area contributed by atoms with E-state index in [4.69, 9.17) is 10.2 Å². The van der Waals surface area contributed by atoms with Gasteiger partial charge < -0.3 is 15.5 Å². The van der Waals surface area contributed by atoms with Crippen LogP contribution in [-0.2, 0) is 6.54 Å². The van der Waals surface area contributed by atoms with Gasteiger partial charge in [0, 0.05) is 6.04 Å². The fraction of sp³-hybridized carbons (Fsp3) is 0.667. The average Bonchev–Trinajstić information content (AvgIpc) is 2.58. The molecule has 0 aromatic carbocycles. The Bertz CT molecular complexity index is 281. The second kappa shape index (κ2) is 5.93. The number of hydrogen-bond donors (Lipinski definition) is 2. The van der Waals surface area contributed by atoms with Crippen molar-refractivity contribution >= 4 is 0 Å². The van der Waals surface area contributed by atoms with Crippen molar-refractivity contribution in [3.05, 3.63) is 23.7 Å². The predicted octanol–water partition coefficient (Wildman–Crippen LogP) is 2.05. The van der Waals surface area contributed by atoms with Crippen LogP contribution < -0.4 is 11.1 Å². The molecule has 1 heterocycles. The lowest BCUT2D eigenvalue weighted by molar-refractivity contribution is 0.428. The van der Waals surface area contributed by atoms with Crippen molar-refractivity contribution in [2.45, 2.75) is 39.8 Å². The second-order valence-corrected chi connectivity index (χ2v) is 4.39. The third kappa shape index (κ3) is 4.49. The Morgan fingerprint density at radius 2 is 2.13 bits per heavy atom. The summed E-state index contributed by atoms with van der Waals surface area (Å²) in [5.41, 5.74) is 5.94. The monoisotopic (exact) mass is 210 g/mol. The Hall–Kier alpha value is -0.800. The van der Waals surface area contributed by atoms with Gasteiger partial charge >= 0.3 is 0 Å². The molecule has 0 aliphatic heterocycles. The van der Waals surface area contributed by atoms with Gasteiger partial charge in [0.05, 0.1) is 6.54 Å². The number of furan rings is 1. The molecule has 0 aliphatic carbocycles. The summed E-state index contributed by atoms with van der Waals surface area (Å²) in [4.78, 5) is 0. The lowest BCUT2D eigenvalue weighted by Gasteiger charge is -2.15. The van der Waals surface area contributed by atoms with Crippen molar-refractivity contribution < 1.29 is 4.42 Å². The highest BCUT2D eigenvalue weighted by Crippen LogP contribution is 2.06. The first-order valence-electron chi connectivity index (χ1n) is 5.61. The molecule has 3 N–H and O–H groups in total. The molecule has 0 radical (unpaired) electrons. The lowest BCUT2D eigenvalue weighted by atomic mass is 10.0. The van der Waals surface area contributed by atoms with Crippen LogP contribution in [0, 0.1) is 12.8 Å². The third-order valence-corrected chi connectivity index (χ3v) is 2.61. The third-order valence-electron chi connectivity index (χ3n) is 2.61. The van der Waals surface area contributed by atoms with Gasteiger partial charge in [0.2, 0.25) is 0 Å². The first-order chi connectivity index (χ1) is 7.09. The van der Waals surface area contributed by atoms with Crippen molar-refractivity contribution in [2.24, 2.45) is 11.7 Å². The minimum Gasteiger partial charge on any atom is -0.465 e.